The van der Waals surface area contributed by atoms with E-state index in [1.165, 1.54) is 29.8 Å². The minimum atomic E-state index is -1.11. The number of carboxylic acid groups (broad SMARTS) is 1. The van der Waals surface area contributed by atoms with Gasteiger partial charge in [-0.25, -0.2) is 0 Å². The van der Waals surface area contributed by atoms with E-state index in [0.717, 1.165) is 51.4 Å². The number of nitrogens with one attached hydrogen (secondary N) is 1. The molecule has 4 rings (SSSR count). The SMILES string of the molecule is COc1cccc(C(=O)N2CCN(C(=O)CCC3CCCC3)C2C(=O)NC(CC(=O)O)C2CCCCC2)c1. The molecule has 9 heteroatoms. The molecule has 1 aromatic rings. The van der Waals surface area contributed by atoms with E-state index >= 15 is 0 Å². The van der Waals surface area contributed by atoms with Crippen LogP contribution in [-0.4, -0.2) is 71.0 Å². The molecule has 2 aliphatic carbocycles. The van der Waals surface area contributed by atoms with Gasteiger partial charge in [0, 0.05) is 31.1 Å². The van der Waals surface area contributed by atoms with Crippen molar-refractivity contribution < 1.29 is 29.0 Å². The highest BCUT2D eigenvalue weighted by atomic mass is 16.5. The molecule has 3 amide bonds. The number of carboxylic acids is 1. The lowest BCUT2D eigenvalue weighted by Gasteiger charge is -2.34. The fraction of sp³-hybridized carbons (Fsp3) is 0.655. The maximum atomic E-state index is 13.8. The normalized spacial score (nSPS) is 21.3. The molecule has 1 saturated heterocycles. The monoisotopic (exact) mass is 527 g/mol. The molecule has 38 heavy (non-hydrogen) atoms. The minimum Gasteiger partial charge on any atom is -0.497 e. The first-order valence-corrected chi connectivity index (χ1v) is 14.1. The first-order valence-electron chi connectivity index (χ1n) is 14.1. The molecule has 208 valence electrons. The third-order valence-corrected chi connectivity index (χ3v) is 8.49. The van der Waals surface area contributed by atoms with Crippen molar-refractivity contribution in [3.05, 3.63) is 29.8 Å². The second-order valence-corrected chi connectivity index (χ2v) is 11.0. The molecule has 0 aromatic heterocycles. The van der Waals surface area contributed by atoms with Crippen molar-refractivity contribution in [2.24, 2.45) is 11.8 Å². The molecular weight excluding hydrogens is 486 g/mol. The van der Waals surface area contributed by atoms with Crippen LogP contribution in [0, 0.1) is 11.8 Å². The average Bonchev–Trinajstić information content (AvgIpc) is 3.62. The molecule has 9 nitrogen and oxygen atoms in total. The van der Waals surface area contributed by atoms with Gasteiger partial charge in [-0.15, -0.1) is 0 Å². The van der Waals surface area contributed by atoms with E-state index in [2.05, 4.69) is 5.32 Å². The molecular formula is C29H41N3O6. The maximum Gasteiger partial charge on any atom is 0.305 e. The van der Waals surface area contributed by atoms with Crippen LogP contribution < -0.4 is 10.1 Å². The van der Waals surface area contributed by atoms with Crippen LogP contribution in [0.3, 0.4) is 0 Å². The van der Waals surface area contributed by atoms with E-state index in [4.69, 9.17) is 4.74 Å². The number of methoxy groups -OCH3 is 1. The Kier molecular flexibility index (Phi) is 9.63. The number of hydrogen-bond donors (Lipinski definition) is 2. The van der Waals surface area contributed by atoms with Gasteiger partial charge >= 0.3 is 5.97 Å². The molecule has 2 saturated carbocycles. The Morgan fingerprint density at radius 3 is 2.37 bits per heavy atom. The Morgan fingerprint density at radius 2 is 1.68 bits per heavy atom. The molecule has 1 aromatic carbocycles. The molecule has 3 aliphatic rings. The zero-order valence-electron chi connectivity index (χ0n) is 22.4. The van der Waals surface area contributed by atoms with Crippen molar-refractivity contribution in [2.75, 3.05) is 20.2 Å². The van der Waals surface area contributed by atoms with E-state index in [0.29, 0.717) is 23.7 Å². The summed E-state index contributed by atoms with van der Waals surface area (Å²) in [6.07, 6.45) is 9.36. The van der Waals surface area contributed by atoms with Gasteiger partial charge in [-0.05, 0) is 49.3 Å². The van der Waals surface area contributed by atoms with Gasteiger partial charge in [0.25, 0.3) is 11.8 Å². The van der Waals surface area contributed by atoms with Crippen LogP contribution in [0.1, 0.15) is 87.4 Å². The van der Waals surface area contributed by atoms with Gasteiger partial charge in [-0.1, -0.05) is 51.0 Å². The summed E-state index contributed by atoms with van der Waals surface area (Å²) >= 11 is 0. The Morgan fingerprint density at radius 1 is 1.00 bits per heavy atom. The molecule has 2 unspecified atom stereocenters. The van der Waals surface area contributed by atoms with Crippen LogP contribution in [0.15, 0.2) is 24.3 Å². The van der Waals surface area contributed by atoms with Crippen molar-refractivity contribution in [3.8, 4) is 5.75 Å². The van der Waals surface area contributed by atoms with Crippen LogP contribution in [0.5, 0.6) is 5.75 Å². The van der Waals surface area contributed by atoms with Crippen molar-refractivity contribution in [1.82, 2.24) is 15.1 Å². The van der Waals surface area contributed by atoms with Crippen LogP contribution in [0.4, 0.5) is 0 Å². The Bertz CT molecular complexity index is 1000. The molecule has 0 bridgehead atoms. The quantitative estimate of drug-likeness (QED) is 0.478. The molecule has 0 spiro atoms. The summed E-state index contributed by atoms with van der Waals surface area (Å²) < 4.78 is 5.27. The van der Waals surface area contributed by atoms with Gasteiger partial charge in [0.1, 0.15) is 5.75 Å². The van der Waals surface area contributed by atoms with Gasteiger partial charge < -0.3 is 25.0 Å². The minimum absolute atomic E-state index is 0.0688. The fourth-order valence-corrected chi connectivity index (χ4v) is 6.39. The van der Waals surface area contributed by atoms with E-state index in [-0.39, 0.29) is 37.2 Å². The Hall–Kier alpha value is -3.10. The summed E-state index contributed by atoms with van der Waals surface area (Å²) in [6, 6.07) is 6.21. The lowest BCUT2D eigenvalue weighted by atomic mass is 9.82. The summed E-state index contributed by atoms with van der Waals surface area (Å²) in [5.74, 6) is -0.813. The summed E-state index contributed by atoms with van der Waals surface area (Å²) in [5.41, 5.74) is 0.372. The van der Waals surface area contributed by atoms with Gasteiger partial charge in [-0.2, -0.15) is 0 Å². The zero-order chi connectivity index (χ0) is 27.1. The van der Waals surface area contributed by atoms with Crippen LogP contribution in [0.2, 0.25) is 0 Å². The van der Waals surface area contributed by atoms with E-state index < -0.39 is 24.1 Å². The smallest absolute Gasteiger partial charge is 0.305 e. The number of nitrogens with zero attached hydrogens (tertiary/aromatic N) is 2. The lowest BCUT2D eigenvalue weighted by Crippen LogP contribution is -2.57. The van der Waals surface area contributed by atoms with Gasteiger partial charge in [-0.3, -0.25) is 19.2 Å². The number of carbonyl (C=O) groups excluding carboxylic acids is 3. The van der Waals surface area contributed by atoms with Crippen LogP contribution in [-0.2, 0) is 14.4 Å². The molecule has 3 fully saturated rings. The number of ether oxygens (including phenoxy) is 1. The standard InChI is InChI=1S/C29H41N3O6/c1-38-23-13-7-12-22(18-23)29(37)32-17-16-31(25(33)15-14-20-8-5-6-9-20)28(32)27(36)30-24(19-26(34)35)21-10-3-2-4-11-21/h7,12-13,18,20-21,24,28H,2-6,8-11,14-17,19H2,1H3,(H,30,36)(H,34,35). The van der Waals surface area contributed by atoms with Gasteiger partial charge in [0.05, 0.1) is 13.5 Å². The summed E-state index contributed by atoms with van der Waals surface area (Å²) in [4.78, 5) is 55.4. The fourth-order valence-electron chi connectivity index (χ4n) is 6.39. The van der Waals surface area contributed by atoms with E-state index in [1.807, 2.05) is 0 Å². The Labute approximate surface area is 224 Å². The van der Waals surface area contributed by atoms with Gasteiger partial charge in [0.2, 0.25) is 5.91 Å². The highest BCUT2D eigenvalue weighted by molar-refractivity contribution is 5.99. The van der Waals surface area contributed by atoms with Crippen molar-refractivity contribution in [1.29, 1.82) is 0 Å². The van der Waals surface area contributed by atoms with Crippen molar-refractivity contribution in [3.63, 3.8) is 0 Å². The lowest BCUT2D eigenvalue weighted by molar-refractivity contribution is -0.143. The number of amides is 3. The second-order valence-electron chi connectivity index (χ2n) is 11.0. The summed E-state index contributed by atoms with van der Waals surface area (Å²) in [5, 5.41) is 12.5. The van der Waals surface area contributed by atoms with Crippen LogP contribution in [0.25, 0.3) is 0 Å². The number of rotatable bonds is 10. The predicted molar refractivity (Wildman–Crippen MR) is 141 cm³/mol. The van der Waals surface area contributed by atoms with Crippen molar-refractivity contribution in [2.45, 2.75) is 89.3 Å². The molecule has 1 aliphatic heterocycles. The van der Waals surface area contributed by atoms with Crippen LogP contribution >= 0.6 is 0 Å². The molecule has 1 heterocycles. The molecule has 0 radical (unpaired) electrons. The molecule has 2 atom stereocenters. The highest BCUT2D eigenvalue weighted by Crippen LogP contribution is 2.31. The highest BCUT2D eigenvalue weighted by Gasteiger charge is 2.44. The summed E-state index contributed by atoms with van der Waals surface area (Å²) in [6.45, 7) is 0.501. The largest absolute Gasteiger partial charge is 0.497 e. The Balaban J connectivity index is 1.55. The first kappa shape index (κ1) is 27.9. The topological polar surface area (TPSA) is 116 Å². The van der Waals surface area contributed by atoms with Crippen molar-refractivity contribution >= 4 is 23.7 Å². The molecule has 2 N–H and O–H groups in total. The zero-order valence-corrected chi connectivity index (χ0v) is 22.4. The first-order chi connectivity index (χ1) is 18.4. The number of benzene rings is 1. The third kappa shape index (κ3) is 6.85. The maximum absolute atomic E-state index is 13.8. The number of aliphatic carboxylic acids is 1. The number of carbonyl (C=O) groups is 4. The van der Waals surface area contributed by atoms with E-state index in [9.17, 15) is 24.3 Å². The van der Waals surface area contributed by atoms with Gasteiger partial charge in [0.15, 0.2) is 6.17 Å². The predicted octanol–water partition coefficient (Wildman–Crippen LogP) is 3.82. The number of hydrogen-bond acceptors (Lipinski definition) is 5. The average molecular weight is 528 g/mol. The summed E-state index contributed by atoms with van der Waals surface area (Å²) in [7, 11) is 1.52. The van der Waals surface area contributed by atoms with E-state index in [1.54, 1.807) is 24.3 Å². The third-order valence-electron chi connectivity index (χ3n) is 8.49. The second kappa shape index (κ2) is 13.1.